The molecule has 90 valence electrons. The number of thiophene rings is 1. The van der Waals surface area contributed by atoms with Crippen LogP contribution in [0.2, 0.25) is 0 Å². The van der Waals surface area contributed by atoms with Gasteiger partial charge < -0.3 is 4.74 Å². The average Bonchev–Trinajstić information content (AvgIpc) is 2.80. The van der Waals surface area contributed by atoms with Gasteiger partial charge in [0.05, 0.1) is 17.4 Å². The summed E-state index contributed by atoms with van der Waals surface area (Å²) >= 11 is 7.93. The fourth-order valence-electron chi connectivity index (χ4n) is 1.64. The number of alkyl halides is 1. The van der Waals surface area contributed by atoms with E-state index in [1.807, 2.05) is 11.4 Å². The Kier molecular flexibility index (Phi) is 3.69. The zero-order valence-corrected chi connectivity index (χ0v) is 11.1. The molecule has 2 rings (SSSR count). The van der Waals surface area contributed by atoms with Crippen molar-refractivity contribution >= 4 is 22.9 Å². The molecule has 1 atom stereocenters. The van der Waals surface area contributed by atoms with Gasteiger partial charge in [-0.05, 0) is 35.6 Å². The van der Waals surface area contributed by atoms with E-state index in [1.165, 1.54) is 17.4 Å². The summed E-state index contributed by atoms with van der Waals surface area (Å²) in [6.45, 7) is 1.73. The van der Waals surface area contributed by atoms with E-state index in [1.54, 1.807) is 26.2 Å². The van der Waals surface area contributed by atoms with Crippen LogP contribution in [0, 0.1) is 12.7 Å². The molecule has 0 aliphatic rings. The van der Waals surface area contributed by atoms with E-state index in [9.17, 15) is 4.39 Å². The van der Waals surface area contributed by atoms with Crippen LogP contribution in [0.1, 0.15) is 21.4 Å². The van der Waals surface area contributed by atoms with Crippen LogP contribution in [0.3, 0.4) is 0 Å². The maximum absolute atomic E-state index is 13.2. The minimum atomic E-state index is -0.302. The Morgan fingerprint density at radius 2 is 2.12 bits per heavy atom. The van der Waals surface area contributed by atoms with Crippen molar-refractivity contribution in [3.05, 3.63) is 51.5 Å². The molecule has 0 radical (unpaired) electrons. The lowest BCUT2D eigenvalue weighted by molar-refractivity contribution is 0.413. The first kappa shape index (κ1) is 12.4. The standard InChI is InChI=1S/C13H12ClFOS/c1-8-7-9(3-4-10(8)15)12(14)13-11(16-2)5-6-17-13/h3-7,12H,1-2H3. The average molecular weight is 271 g/mol. The number of rotatable bonds is 3. The maximum Gasteiger partial charge on any atom is 0.134 e. The summed E-state index contributed by atoms with van der Waals surface area (Å²) in [5.41, 5.74) is 1.48. The summed E-state index contributed by atoms with van der Waals surface area (Å²) in [5, 5.41) is 1.63. The molecule has 0 N–H and O–H groups in total. The molecule has 0 saturated carbocycles. The summed E-state index contributed by atoms with van der Waals surface area (Å²) in [4.78, 5) is 0.945. The Morgan fingerprint density at radius 3 is 2.76 bits per heavy atom. The van der Waals surface area contributed by atoms with Crippen LogP contribution in [-0.2, 0) is 0 Å². The van der Waals surface area contributed by atoms with E-state index in [4.69, 9.17) is 16.3 Å². The van der Waals surface area contributed by atoms with Crippen molar-refractivity contribution in [2.75, 3.05) is 7.11 Å². The van der Waals surface area contributed by atoms with Crippen molar-refractivity contribution in [1.29, 1.82) is 0 Å². The molecule has 2 aromatic rings. The third-order valence-electron chi connectivity index (χ3n) is 2.58. The van der Waals surface area contributed by atoms with Crippen molar-refractivity contribution in [3.63, 3.8) is 0 Å². The quantitative estimate of drug-likeness (QED) is 0.745. The Bertz CT molecular complexity index is 524. The number of ether oxygens (including phenoxy) is 1. The lowest BCUT2D eigenvalue weighted by Gasteiger charge is -2.11. The highest BCUT2D eigenvalue weighted by molar-refractivity contribution is 7.10. The minimum absolute atomic E-state index is 0.212. The van der Waals surface area contributed by atoms with Crippen molar-refractivity contribution in [2.24, 2.45) is 0 Å². The van der Waals surface area contributed by atoms with Gasteiger partial charge in [0.2, 0.25) is 0 Å². The fourth-order valence-corrected chi connectivity index (χ4v) is 2.90. The van der Waals surface area contributed by atoms with Gasteiger partial charge in [-0.15, -0.1) is 22.9 Å². The Hall–Kier alpha value is -1.06. The molecular formula is C13H12ClFOS. The number of benzene rings is 1. The number of methoxy groups -OCH3 is 1. The second-order valence-corrected chi connectivity index (χ2v) is 5.11. The van der Waals surface area contributed by atoms with Crippen LogP contribution < -0.4 is 4.74 Å². The number of hydrogen-bond acceptors (Lipinski definition) is 2. The number of aryl methyl sites for hydroxylation is 1. The van der Waals surface area contributed by atoms with Gasteiger partial charge in [-0.1, -0.05) is 12.1 Å². The van der Waals surface area contributed by atoms with Gasteiger partial charge in [-0.2, -0.15) is 0 Å². The summed E-state index contributed by atoms with van der Waals surface area (Å²) in [7, 11) is 1.62. The fraction of sp³-hybridized carbons (Fsp3) is 0.231. The van der Waals surface area contributed by atoms with Gasteiger partial charge in [-0.25, -0.2) is 4.39 Å². The molecule has 1 nitrogen and oxygen atoms in total. The van der Waals surface area contributed by atoms with E-state index in [0.717, 1.165) is 16.2 Å². The van der Waals surface area contributed by atoms with Crippen LogP contribution in [0.25, 0.3) is 0 Å². The van der Waals surface area contributed by atoms with E-state index in [0.29, 0.717) is 5.56 Å². The zero-order valence-electron chi connectivity index (χ0n) is 9.54. The minimum Gasteiger partial charge on any atom is -0.496 e. The summed E-state index contributed by atoms with van der Waals surface area (Å²) in [6, 6.07) is 6.80. The topological polar surface area (TPSA) is 9.23 Å². The molecule has 1 aromatic carbocycles. The van der Waals surface area contributed by atoms with Gasteiger partial charge in [0, 0.05) is 0 Å². The smallest absolute Gasteiger partial charge is 0.134 e. The maximum atomic E-state index is 13.2. The number of halogens is 2. The third kappa shape index (κ3) is 2.45. The zero-order chi connectivity index (χ0) is 12.4. The molecule has 17 heavy (non-hydrogen) atoms. The molecule has 0 fully saturated rings. The third-order valence-corrected chi connectivity index (χ3v) is 4.14. The second kappa shape index (κ2) is 5.07. The van der Waals surface area contributed by atoms with Crippen LogP contribution in [-0.4, -0.2) is 7.11 Å². The van der Waals surface area contributed by atoms with Gasteiger partial charge in [0.15, 0.2) is 0 Å². The SMILES string of the molecule is COc1ccsc1C(Cl)c1ccc(F)c(C)c1. The van der Waals surface area contributed by atoms with E-state index in [-0.39, 0.29) is 11.2 Å². The van der Waals surface area contributed by atoms with E-state index < -0.39 is 0 Å². The highest BCUT2D eigenvalue weighted by Gasteiger charge is 2.17. The van der Waals surface area contributed by atoms with Crippen molar-refractivity contribution in [2.45, 2.75) is 12.3 Å². The summed E-state index contributed by atoms with van der Waals surface area (Å²) in [5.74, 6) is 0.563. The summed E-state index contributed by atoms with van der Waals surface area (Å²) in [6.07, 6.45) is 0. The Morgan fingerprint density at radius 1 is 1.35 bits per heavy atom. The number of hydrogen-bond donors (Lipinski definition) is 0. The summed E-state index contributed by atoms with van der Waals surface area (Å²) < 4.78 is 18.4. The van der Waals surface area contributed by atoms with Crippen LogP contribution in [0.4, 0.5) is 4.39 Å². The van der Waals surface area contributed by atoms with Crippen molar-refractivity contribution in [3.8, 4) is 5.75 Å². The normalized spacial score (nSPS) is 12.5. The first-order valence-electron chi connectivity index (χ1n) is 5.15. The second-order valence-electron chi connectivity index (χ2n) is 3.72. The van der Waals surface area contributed by atoms with Crippen molar-refractivity contribution in [1.82, 2.24) is 0 Å². The Labute approximate surface area is 109 Å². The first-order valence-corrected chi connectivity index (χ1v) is 6.46. The Balaban J connectivity index is 2.36. The van der Waals surface area contributed by atoms with Gasteiger partial charge >= 0.3 is 0 Å². The predicted octanol–water partition coefficient (Wildman–Crippen LogP) is 4.53. The molecule has 0 aliphatic carbocycles. The van der Waals surface area contributed by atoms with Gasteiger partial charge in [0.25, 0.3) is 0 Å². The first-order chi connectivity index (χ1) is 8.13. The van der Waals surface area contributed by atoms with Gasteiger partial charge in [0.1, 0.15) is 11.6 Å². The monoisotopic (exact) mass is 270 g/mol. The largest absolute Gasteiger partial charge is 0.496 e. The lowest BCUT2D eigenvalue weighted by Crippen LogP contribution is -1.95. The molecule has 1 aromatic heterocycles. The molecule has 0 bridgehead atoms. The highest BCUT2D eigenvalue weighted by atomic mass is 35.5. The molecule has 1 unspecified atom stereocenters. The van der Waals surface area contributed by atoms with E-state index in [2.05, 4.69) is 0 Å². The molecule has 0 aliphatic heterocycles. The van der Waals surface area contributed by atoms with Gasteiger partial charge in [-0.3, -0.25) is 0 Å². The predicted molar refractivity (Wildman–Crippen MR) is 69.7 cm³/mol. The van der Waals surface area contributed by atoms with Crippen LogP contribution in [0.15, 0.2) is 29.6 Å². The van der Waals surface area contributed by atoms with Crippen molar-refractivity contribution < 1.29 is 9.13 Å². The lowest BCUT2D eigenvalue weighted by atomic mass is 10.1. The molecule has 0 amide bonds. The molecular weight excluding hydrogens is 259 g/mol. The molecule has 0 saturated heterocycles. The van der Waals surface area contributed by atoms with Crippen LogP contribution in [0.5, 0.6) is 5.75 Å². The molecule has 4 heteroatoms. The van der Waals surface area contributed by atoms with Crippen LogP contribution >= 0.6 is 22.9 Å². The highest BCUT2D eigenvalue weighted by Crippen LogP contribution is 2.39. The molecule has 0 spiro atoms. The molecule has 1 heterocycles. The van der Waals surface area contributed by atoms with E-state index >= 15 is 0 Å².